The van der Waals surface area contributed by atoms with Gasteiger partial charge in [0.15, 0.2) is 0 Å². The van der Waals surface area contributed by atoms with Crippen LogP contribution in [-0.2, 0) is 11.3 Å². The summed E-state index contributed by atoms with van der Waals surface area (Å²) < 4.78 is 10.9. The van der Waals surface area contributed by atoms with Gasteiger partial charge in [-0.2, -0.15) is 0 Å². The van der Waals surface area contributed by atoms with Crippen molar-refractivity contribution in [2.45, 2.75) is 19.9 Å². The van der Waals surface area contributed by atoms with E-state index in [1.165, 1.54) is 12.0 Å². The summed E-state index contributed by atoms with van der Waals surface area (Å²) in [5.41, 5.74) is 7.86. The first kappa shape index (κ1) is 14.2. The number of likely N-dealkylation sites (tertiary alicyclic amines) is 1. The smallest absolute Gasteiger partial charge is 0.123 e. The molecule has 1 aromatic carbocycles. The minimum atomic E-state index is 0.654. The molecule has 106 valence electrons. The van der Waals surface area contributed by atoms with Crippen LogP contribution < -0.4 is 10.5 Å². The van der Waals surface area contributed by atoms with E-state index >= 15 is 0 Å². The van der Waals surface area contributed by atoms with Crippen LogP contribution in [0.3, 0.4) is 0 Å². The SMILES string of the molecule is CCOc1ccc(N)cc1CN1CCC(COC)C1. The third-order valence-corrected chi connectivity index (χ3v) is 3.55. The van der Waals surface area contributed by atoms with Crippen LogP contribution in [0.5, 0.6) is 5.75 Å². The molecule has 1 heterocycles. The summed E-state index contributed by atoms with van der Waals surface area (Å²) in [6, 6.07) is 5.89. The molecule has 1 unspecified atom stereocenters. The largest absolute Gasteiger partial charge is 0.494 e. The van der Waals surface area contributed by atoms with Gasteiger partial charge in [0.05, 0.1) is 13.2 Å². The van der Waals surface area contributed by atoms with Crippen molar-refractivity contribution in [2.75, 3.05) is 39.1 Å². The number of nitrogens with zero attached hydrogens (tertiary/aromatic N) is 1. The standard InChI is InChI=1S/C15H24N2O2/c1-3-19-15-5-4-14(16)8-13(15)10-17-7-6-12(9-17)11-18-2/h4-5,8,12H,3,6-7,9-11,16H2,1-2H3. The Hall–Kier alpha value is -1.26. The Morgan fingerprint density at radius 3 is 3.00 bits per heavy atom. The Morgan fingerprint density at radius 1 is 1.42 bits per heavy atom. The van der Waals surface area contributed by atoms with E-state index < -0.39 is 0 Å². The van der Waals surface area contributed by atoms with E-state index in [1.807, 2.05) is 25.1 Å². The van der Waals surface area contributed by atoms with Crippen molar-refractivity contribution in [3.8, 4) is 5.75 Å². The van der Waals surface area contributed by atoms with Gasteiger partial charge in [0.25, 0.3) is 0 Å². The fourth-order valence-corrected chi connectivity index (χ4v) is 2.69. The maximum absolute atomic E-state index is 5.88. The number of hydrogen-bond donors (Lipinski definition) is 1. The number of ether oxygens (including phenoxy) is 2. The third-order valence-electron chi connectivity index (χ3n) is 3.55. The van der Waals surface area contributed by atoms with Crippen LogP contribution in [0.15, 0.2) is 18.2 Å². The third kappa shape index (κ3) is 3.85. The maximum atomic E-state index is 5.88. The normalized spacial score (nSPS) is 19.8. The van der Waals surface area contributed by atoms with Gasteiger partial charge >= 0.3 is 0 Å². The number of methoxy groups -OCH3 is 1. The van der Waals surface area contributed by atoms with E-state index in [4.69, 9.17) is 15.2 Å². The zero-order chi connectivity index (χ0) is 13.7. The van der Waals surface area contributed by atoms with Gasteiger partial charge < -0.3 is 15.2 Å². The number of hydrogen-bond acceptors (Lipinski definition) is 4. The van der Waals surface area contributed by atoms with Crippen molar-refractivity contribution >= 4 is 5.69 Å². The molecule has 0 aliphatic carbocycles. The number of nitrogens with two attached hydrogens (primary N) is 1. The Kier molecular flexibility index (Phi) is 5.05. The van der Waals surface area contributed by atoms with Gasteiger partial charge in [-0.25, -0.2) is 0 Å². The lowest BCUT2D eigenvalue weighted by Gasteiger charge is -2.18. The molecular formula is C15H24N2O2. The van der Waals surface area contributed by atoms with Crippen molar-refractivity contribution in [1.29, 1.82) is 0 Å². The average Bonchev–Trinajstić information content (AvgIpc) is 2.81. The molecule has 1 saturated heterocycles. The molecule has 4 heteroatoms. The fourth-order valence-electron chi connectivity index (χ4n) is 2.69. The zero-order valence-corrected chi connectivity index (χ0v) is 11.9. The second-order valence-electron chi connectivity index (χ2n) is 5.15. The van der Waals surface area contributed by atoms with Crippen LogP contribution in [0.4, 0.5) is 5.69 Å². The fraction of sp³-hybridized carbons (Fsp3) is 0.600. The molecule has 0 bridgehead atoms. The van der Waals surface area contributed by atoms with Gasteiger partial charge in [-0.1, -0.05) is 0 Å². The molecule has 0 saturated carbocycles. The molecule has 1 aromatic rings. The summed E-state index contributed by atoms with van der Waals surface area (Å²) in [7, 11) is 1.77. The molecule has 4 nitrogen and oxygen atoms in total. The predicted octanol–water partition coefficient (Wildman–Crippen LogP) is 2.14. The molecule has 2 rings (SSSR count). The van der Waals surface area contributed by atoms with Crippen LogP contribution in [-0.4, -0.2) is 38.3 Å². The zero-order valence-electron chi connectivity index (χ0n) is 11.9. The maximum Gasteiger partial charge on any atom is 0.123 e. The van der Waals surface area contributed by atoms with Crippen molar-refractivity contribution < 1.29 is 9.47 Å². The van der Waals surface area contributed by atoms with Gasteiger partial charge in [-0.05, 0) is 44.0 Å². The first-order chi connectivity index (χ1) is 9.22. The van der Waals surface area contributed by atoms with Crippen LogP contribution in [0.1, 0.15) is 18.9 Å². The van der Waals surface area contributed by atoms with E-state index in [9.17, 15) is 0 Å². The van der Waals surface area contributed by atoms with Crippen LogP contribution >= 0.6 is 0 Å². The van der Waals surface area contributed by atoms with E-state index in [0.29, 0.717) is 12.5 Å². The summed E-state index contributed by atoms with van der Waals surface area (Å²) >= 11 is 0. The predicted molar refractivity (Wildman–Crippen MR) is 77.3 cm³/mol. The molecule has 1 atom stereocenters. The summed E-state index contributed by atoms with van der Waals surface area (Å²) in [6.07, 6.45) is 1.21. The van der Waals surface area contributed by atoms with Crippen molar-refractivity contribution in [2.24, 2.45) is 5.92 Å². The highest BCUT2D eigenvalue weighted by atomic mass is 16.5. The van der Waals surface area contributed by atoms with Crippen LogP contribution in [0.25, 0.3) is 0 Å². The Labute approximate surface area is 115 Å². The topological polar surface area (TPSA) is 47.7 Å². The Balaban J connectivity index is 2.00. The van der Waals surface area contributed by atoms with Crippen LogP contribution in [0.2, 0.25) is 0 Å². The molecule has 1 fully saturated rings. The van der Waals surface area contributed by atoms with Gasteiger partial charge in [0.1, 0.15) is 5.75 Å². The first-order valence-corrected chi connectivity index (χ1v) is 6.95. The molecule has 2 N–H and O–H groups in total. The monoisotopic (exact) mass is 264 g/mol. The second-order valence-corrected chi connectivity index (χ2v) is 5.15. The molecule has 1 aliphatic heterocycles. The lowest BCUT2D eigenvalue weighted by atomic mass is 10.1. The summed E-state index contributed by atoms with van der Waals surface area (Å²) in [5.74, 6) is 1.61. The Bertz CT molecular complexity index is 409. The quantitative estimate of drug-likeness (QED) is 0.800. The highest BCUT2D eigenvalue weighted by molar-refractivity contribution is 5.47. The number of anilines is 1. The van der Waals surface area contributed by atoms with Crippen molar-refractivity contribution in [3.63, 3.8) is 0 Å². The van der Waals surface area contributed by atoms with E-state index in [0.717, 1.165) is 37.7 Å². The highest BCUT2D eigenvalue weighted by Crippen LogP contribution is 2.26. The summed E-state index contributed by atoms with van der Waals surface area (Å²) in [5, 5.41) is 0. The van der Waals surface area contributed by atoms with Gasteiger partial charge in [-0.15, -0.1) is 0 Å². The molecule has 0 aromatic heterocycles. The number of nitrogen functional groups attached to an aromatic ring is 1. The highest BCUT2D eigenvalue weighted by Gasteiger charge is 2.23. The van der Waals surface area contributed by atoms with Crippen LogP contribution in [0, 0.1) is 5.92 Å². The van der Waals surface area contributed by atoms with Gasteiger partial charge in [0.2, 0.25) is 0 Å². The molecule has 0 spiro atoms. The van der Waals surface area contributed by atoms with E-state index in [1.54, 1.807) is 7.11 Å². The van der Waals surface area contributed by atoms with Gasteiger partial charge in [-0.3, -0.25) is 4.90 Å². The van der Waals surface area contributed by atoms with E-state index in [2.05, 4.69) is 4.90 Å². The summed E-state index contributed by atoms with van der Waals surface area (Å²) in [4.78, 5) is 2.45. The first-order valence-electron chi connectivity index (χ1n) is 6.95. The van der Waals surface area contributed by atoms with Crippen molar-refractivity contribution in [1.82, 2.24) is 4.90 Å². The Morgan fingerprint density at radius 2 is 2.26 bits per heavy atom. The minimum Gasteiger partial charge on any atom is -0.494 e. The van der Waals surface area contributed by atoms with E-state index in [-0.39, 0.29) is 0 Å². The molecular weight excluding hydrogens is 240 g/mol. The van der Waals surface area contributed by atoms with Crippen molar-refractivity contribution in [3.05, 3.63) is 23.8 Å². The average molecular weight is 264 g/mol. The number of benzene rings is 1. The lowest BCUT2D eigenvalue weighted by Crippen LogP contribution is -2.21. The second kappa shape index (κ2) is 6.78. The molecule has 19 heavy (non-hydrogen) atoms. The molecule has 1 aliphatic rings. The lowest BCUT2D eigenvalue weighted by molar-refractivity contribution is 0.152. The molecule has 0 amide bonds. The van der Waals surface area contributed by atoms with Gasteiger partial charge in [0, 0.05) is 31.5 Å². The summed E-state index contributed by atoms with van der Waals surface area (Å²) in [6.45, 7) is 6.66. The molecule has 0 radical (unpaired) electrons. The minimum absolute atomic E-state index is 0.654. The number of rotatable bonds is 6.